The van der Waals surface area contributed by atoms with Crippen LogP contribution in [0.5, 0.6) is 0 Å². The van der Waals surface area contributed by atoms with Crippen molar-refractivity contribution in [3.8, 4) is 22.3 Å². The number of esters is 2. The van der Waals surface area contributed by atoms with Gasteiger partial charge >= 0.3 is 11.9 Å². The molecule has 0 N–H and O–H groups in total. The SMILES string of the molecule is COC(=O)CC1(Cc2ccc(CC3(CC(=O)OC)c4ccccc4-c4ccccc43)cc2)c2ccccc2-c2ccccc21. The van der Waals surface area contributed by atoms with Gasteiger partial charge in [-0.05, 0) is 68.5 Å². The van der Waals surface area contributed by atoms with Gasteiger partial charge in [-0.2, -0.15) is 0 Å². The average Bonchev–Trinajstić information content (AvgIpc) is 3.49. The molecule has 0 aromatic heterocycles. The van der Waals surface area contributed by atoms with Crippen molar-refractivity contribution in [1.82, 2.24) is 0 Å². The molecular formula is C40H34O4. The molecule has 0 bridgehead atoms. The van der Waals surface area contributed by atoms with Crippen LogP contribution in [0.1, 0.15) is 46.2 Å². The largest absolute Gasteiger partial charge is 0.469 e. The zero-order chi connectivity index (χ0) is 30.3. The topological polar surface area (TPSA) is 52.6 Å². The van der Waals surface area contributed by atoms with E-state index in [-0.39, 0.29) is 24.8 Å². The predicted octanol–water partition coefficient (Wildman–Crippen LogP) is 7.83. The molecule has 7 rings (SSSR count). The van der Waals surface area contributed by atoms with Crippen LogP contribution in [-0.4, -0.2) is 26.2 Å². The average molecular weight is 579 g/mol. The van der Waals surface area contributed by atoms with Gasteiger partial charge in [-0.3, -0.25) is 9.59 Å². The van der Waals surface area contributed by atoms with E-state index in [1.807, 2.05) is 0 Å². The van der Waals surface area contributed by atoms with Gasteiger partial charge in [0.1, 0.15) is 0 Å². The van der Waals surface area contributed by atoms with E-state index in [4.69, 9.17) is 9.47 Å². The van der Waals surface area contributed by atoms with E-state index in [0.717, 1.165) is 33.4 Å². The first-order valence-corrected chi connectivity index (χ1v) is 15.1. The molecule has 0 fully saturated rings. The van der Waals surface area contributed by atoms with Crippen LogP contribution in [0, 0.1) is 0 Å². The third kappa shape index (κ3) is 4.36. The number of ether oxygens (including phenoxy) is 2. The predicted molar refractivity (Wildman–Crippen MR) is 172 cm³/mol. The maximum atomic E-state index is 12.9. The summed E-state index contributed by atoms with van der Waals surface area (Å²) in [5, 5.41) is 0. The summed E-state index contributed by atoms with van der Waals surface area (Å²) in [6.45, 7) is 0. The summed E-state index contributed by atoms with van der Waals surface area (Å²) >= 11 is 0. The molecule has 218 valence electrons. The summed E-state index contributed by atoms with van der Waals surface area (Å²) in [4.78, 5) is 25.8. The van der Waals surface area contributed by atoms with Gasteiger partial charge in [-0.1, -0.05) is 121 Å². The number of hydrogen-bond donors (Lipinski definition) is 0. The van der Waals surface area contributed by atoms with Crippen LogP contribution in [0.4, 0.5) is 0 Å². The Hall–Kier alpha value is -4.96. The van der Waals surface area contributed by atoms with E-state index in [0.29, 0.717) is 12.8 Å². The van der Waals surface area contributed by atoms with E-state index in [9.17, 15) is 9.59 Å². The minimum Gasteiger partial charge on any atom is -0.469 e. The van der Waals surface area contributed by atoms with Gasteiger partial charge in [-0.15, -0.1) is 0 Å². The highest BCUT2D eigenvalue weighted by molar-refractivity contribution is 5.86. The summed E-state index contributed by atoms with van der Waals surface area (Å²) in [6.07, 6.45) is 1.84. The van der Waals surface area contributed by atoms with Crippen LogP contribution in [0.15, 0.2) is 121 Å². The number of benzene rings is 5. The zero-order valence-corrected chi connectivity index (χ0v) is 25.0. The first-order valence-electron chi connectivity index (χ1n) is 15.1. The molecule has 2 aliphatic carbocycles. The molecule has 2 aliphatic rings. The Kier molecular flexibility index (Phi) is 6.93. The third-order valence-corrected chi connectivity index (χ3v) is 9.73. The molecule has 0 heterocycles. The van der Waals surface area contributed by atoms with Crippen LogP contribution in [-0.2, 0) is 42.7 Å². The van der Waals surface area contributed by atoms with Crippen molar-refractivity contribution in [3.63, 3.8) is 0 Å². The molecule has 0 saturated carbocycles. The van der Waals surface area contributed by atoms with Gasteiger partial charge in [0.2, 0.25) is 0 Å². The molecule has 0 aliphatic heterocycles. The second kappa shape index (κ2) is 10.9. The Morgan fingerprint density at radius 3 is 1.00 bits per heavy atom. The van der Waals surface area contributed by atoms with Crippen molar-refractivity contribution in [2.24, 2.45) is 0 Å². The highest BCUT2D eigenvalue weighted by Crippen LogP contribution is 2.54. The summed E-state index contributed by atoms with van der Waals surface area (Å²) in [5.74, 6) is -0.451. The Bertz CT molecular complexity index is 1660. The molecular weight excluding hydrogens is 544 g/mol. The van der Waals surface area contributed by atoms with Gasteiger partial charge in [-0.25, -0.2) is 0 Å². The minimum absolute atomic E-state index is 0.226. The van der Waals surface area contributed by atoms with Crippen molar-refractivity contribution in [3.05, 3.63) is 155 Å². The van der Waals surface area contributed by atoms with Gasteiger partial charge in [0, 0.05) is 10.8 Å². The fourth-order valence-corrected chi connectivity index (χ4v) is 7.83. The molecule has 0 unspecified atom stereocenters. The molecule has 5 aromatic carbocycles. The summed E-state index contributed by atoms with van der Waals surface area (Å²) < 4.78 is 10.5. The van der Waals surface area contributed by atoms with E-state index in [2.05, 4.69) is 121 Å². The number of methoxy groups -OCH3 is 2. The first kappa shape index (κ1) is 27.8. The normalized spacial score (nSPS) is 14.6. The highest BCUT2D eigenvalue weighted by atomic mass is 16.5. The second-order valence-corrected chi connectivity index (χ2v) is 12.0. The number of carbonyl (C=O) groups excluding carboxylic acids is 2. The molecule has 0 spiro atoms. The smallest absolute Gasteiger partial charge is 0.306 e. The van der Waals surface area contributed by atoms with E-state index in [1.54, 1.807) is 0 Å². The lowest BCUT2D eigenvalue weighted by Gasteiger charge is -2.32. The van der Waals surface area contributed by atoms with Crippen LogP contribution >= 0.6 is 0 Å². The number of carbonyl (C=O) groups is 2. The monoisotopic (exact) mass is 578 g/mol. The molecule has 4 nitrogen and oxygen atoms in total. The second-order valence-electron chi connectivity index (χ2n) is 12.0. The van der Waals surface area contributed by atoms with Crippen LogP contribution in [0.2, 0.25) is 0 Å². The lowest BCUT2D eigenvalue weighted by molar-refractivity contribution is -0.142. The minimum atomic E-state index is -0.531. The quantitative estimate of drug-likeness (QED) is 0.176. The van der Waals surface area contributed by atoms with Crippen molar-refractivity contribution >= 4 is 11.9 Å². The van der Waals surface area contributed by atoms with Crippen molar-refractivity contribution in [1.29, 1.82) is 0 Å². The lowest BCUT2D eigenvalue weighted by Crippen LogP contribution is -2.32. The van der Waals surface area contributed by atoms with E-state index >= 15 is 0 Å². The fraction of sp³-hybridized carbons (Fsp3) is 0.200. The Morgan fingerprint density at radius 1 is 0.455 bits per heavy atom. The Labute approximate surface area is 258 Å². The number of fused-ring (bicyclic) bond motifs is 6. The number of rotatable bonds is 8. The summed E-state index contributed by atoms with van der Waals surface area (Å²) in [6, 6.07) is 42.3. The van der Waals surface area contributed by atoms with Crippen LogP contribution in [0.3, 0.4) is 0 Å². The molecule has 0 saturated heterocycles. The van der Waals surface area contributed by atoms with E-state index in [1.165, 1.54) is 36.5 Å². The van der Waals surface area contributed by atoms with Crippen LogP contribution < -0.4 is 0 Å². The molecule has 0 atom stereocenters. The summed E-state index contributed by atoms with van der Waals surface area (Å²) in [5.41, 5.74) is 10.5. The lowest BCUT2D eigenvalue weighted by atomic mass is 9.70. The van der Waals surface area contributed by atoms with Gasteiger partial charge < -0.3 is 9.47 Å². The van der Waals surface area contributed by atoms with Gasteiger partial charge in [0.15, 0.2) is 0 Å². The van der Waals surface area contributed by atoms with Crippen molar-refractivity contribution < 1.29 is 19.1 Å². The molecule has 0 radical (unpaired) electrons. The van der Waals surface area contributed by atoms with Gasteiger partial charge in [0.05, 0.1) is 27.1 Å². The van der Waals surface area contributed by atoms with Crippen molar-refractivity contribution in [2.45, 2.75) is 36.5 Å². The highest BCUT2D eigenvalue weighted by Gasteiger charge is 2.46. The standard InChI is InChI=1S/C40H34O4/c1-43-37(41)25-39(33-15-7-3-11-29(33)30-12-4-8-16-34(30)39)23-27-19-21-28(22-20-27)24-40(26-38(42)44-2)35-17-9-5-13-31(35)32-14-6-10-18-36(32)40/h3-22H,23-26H2,1-2H3. The molecule has 4 heteroatoms. The van der Waals surface area contributed by atoms with E-state index < -0.39 is 10.8 Å². The Balaban J connectivity index is 1.28. The maximum Gasteiger partial charge on any atom is 0.306 e. The van der Waals surface area contributed by atoms with Crippen LogP contribution in [0.25, 0.3) is 22.3 Å². The first-order chi connectivity index (χ1) is 21.5. The van der Waals surface area contributed by atoms with Gasteiger partial charge in [0.25, 0.3) is 0 Å². The molecule has 44 heavy (non-hydrogen) atoms. The third-order valence-electron chi connectivity index (χ3n) is 9.73. The molecule has 5 aromatic rings. The fourth-order valence-electron chi connectivity index (χ4n) is 7.83. The Morgan fingerprint density at radius 2 is 0.727 bits per heavy atom. The maximum absolute atomic E-state index is 12.9. The summed E-state index contributed by atoms with van der Waals surface area (Å²) in [7, 11) is 2.92. The molecule has 0 amide bonds. The van der Waals surface area contributed by atoms with Crippen molar-refractivity contribution in [2.75, 3.05) is 14.2 Å². The number of hydrogen-bond acceptors (Lipinski definition) is 4. The zero-order valence-electron chi connectivity index (χ0n) is 25.0.